The van der Waals surface area contributed by atoms with Crippen molar-refractivity contribution in [1.29, 1.82) is 0 Å². The SMILES string of the molecule is Cc1[nH]c(C=C2C(=O)Nc3cccc(-c4cccc(CCN(C)C)c4)c32)c(C)c1C(=O)N1CCC(O)CC1. The molecule has 0 aliphatic carbocycles. The second-order valence-electron chi connectivity index (χ2n) is 10.7. The minimum absolute atomic E-state index is 0.0284. The van der Waals surface area contributed by atoms with E-state index in [1.807, 2.05) is 37.0 Å². The molecule has 5 rings (SSSR count). The number of H-pyrrole nitrogens is 1. The summed E-state index contributed by atoms with van der Waals surface area (Å²) in [6, 6.07) is 14.5. The highest BCUT2D eigenvalue weighted by molar-refractivity contribution is 6.36. The number of aliphatic hydroxyl groups excluding tert-OH is 1. The van der Waals surface area contributed by atoms with Gasteiger partial charge in [-0.2, -0.15) is 0 Å². The molecule has 0 unspecified atom stereocenters. The zero-order valence-corrected chi connectivity index (χ0v) is 22.6. The van der Waals surface area contributed by atoms with Gasteiger partial charge in [0.15, 0.2) is 0 Å². The number of hydrogen-bond donors (Lipinski definition) is 3. The zero-order chi connectivity index (χ0) is 27.0. The minimum atomic E-state index is -0.336. The number of nitrogens with zero attached hydrogens (tertiary/aromatic N) is 2. The lowest BCUT2D eigenvalue weighted by molar-refractivity contribution is -0.110. The van der Waals surface area contributed by atoms with Crippen molar-refractivity contribution in [3.05, 3.63) is 76.1 Å². The lowest BCUT2D eigenvalue weighted by Crippen LogP contribution is -2.40. The molecule has 2 amide bonds. The number of benzene rings is 2. The Kier molecular flexibility index (Phi) is 7.23. The average Bonchev–Trinajstić information content (AvgIpc) is 3.37. The van der Waals surface area contributed by atoms with Gasteiger partial charge < -0.3 is 25.2 Å². The Balaban J connectivity index is 1.51. The third-order valence-corrected chi connectivity index (χ3v) is 7.64. The first-order valence-electron chi connectivity index (χ1n) is 13.3. The maximum Gasteiger partial charge on any atom is 0.256 e. The van der Waals surface area contributed by atoms with Crippen molar-refractivity contribution >= 4 is 29.2 Å². The number of aromatic amines is 1. The molecule has 2 aliphatic heterocycles. The van der Waals surface area contributed by atoms with Gasteiger partial charge in [-0.1, -0.05) is 36.4 Å². The fraction of sp³-hybridized carbons (Fsp3) is 0.355. The Morgan fingerprint density at radius 3 is 2.61 bits per heavy atom. The van der Waals surface area contributed by atoms with Crippen LogP contribution in [0.25, 0.3) is 22.8 Å². The molecule has 1 fully saturated rings. The molecule has 3 N–H and O–H groups in total. The number of hydrogen-bond acceptors (Lipinski definition) is 4. The number of anilines is 1. The van der Waals surface area contributed by atoms with Gasteiger partial charge in [-0.15, -0.1) is 0 Å². The van der Waals surface area contributed by atoms with Crippen molar-refractivity contribution in [3.8, 4) is 11.1 Å². The van der Waals surface area contributed by atoms with Crippen molar-refractivity contribution in [2.75, 3.05) is 39.0 Å². The molecule has 0 saturated carbocycles. The number of amides is 2. The van der Waals surface area contributed by atoms with E-state index in [-0.39, 0.29) is 17.9 Å². The highest BCUT2D eigenvalue weighted by atomic mass is 16.3. The maximum absolute atomic E-state index is 13.3. The summed E-state index contributed by atoms with van der Waals surface area (Å²) in [6.45, 7) is 5.89. The molecular weight excluding hydrogens is 476 g/mol. The summed E-state index contributed by atoms with van der Waals surface area (Å²) in [6.07, 6.45) is 3.68. The zero-order valence-electron chi connectivity index (χ0n) is 22.6. The average molecular weight is 513 g/mol. The Labute approximate surface area is 224 Å². The summed E-state index contributed by atoms with van der Waals surface area (Å²) in [5, 5.41) is 12.9. The third kappa shape index (κ3) is 5.04. The van der Waals surface area contributed by atoms with Crippen LogP contribution in [-0.4, -0.2) is 71.5 Å². The topological polar surface area (TPSA) is 88.7 Å². The van der Waals surface area contributed by atoms with Crippen LogP contribution in [-0.2, 0) is 11.2 Å². The van der Waals surface area contributed by atoms with E-state index in [9.17, 15) is 14.7 Å². The van der Waals surface area contributed by atoms with Gasteiger partial charge in [0, 0.05) is 42.3 Å². The molecule has 2 aromatic carbocycles. The molecule has 0 atom stereocenters. The summed E-state index contributed by atoms with van der Waals surface area (Å²) < 4.78 is 0. The first-order valence-corrected chi connectivity index (χ1v) is 13.3. The number of nitrogens with one attached hydrogen (secondary N) is 2. The van der Waals surface area contributed by atoms with E-state index in [1.165, 1.54) is 5.56 Å². The smallest absolute Gasteiger partial charge is 0.256 e. The van der Waals surface area contributed by atoms with Gasteiger partial charge in [0.25, 0.3) is 11.8 Å². The van der Waals surface area contributed by atoms with E-state index >= 15 is 0 Å². The van der Waals surface area contributed by atoms with Crippen LogP contribution < -0.4 is 5.32 Å². The van der Waals surface area contributed by atoms with E-state index in [4.69, 9.17) is 0 Å². The molecule has 7 heteroatoms. The number of carbonyl (C=O) groups is 2. The van der Waals surface area contributed by atoms with Gasteiger partial charge in [-0.05, 0) is 81.6 Å². The fourth-order valence-corrected chi connectivity index (χ4v) is 5.49. The number of likely N-dealkylation sites (tertiary alicyclic amines) is 1. The maximum atomic E-state index is 13.3. The molecule has 7 nitrogen and oxygen atoms in total. The summed E-state index contributed by atoms with van der Waals surface area (Å²) in [7, 11) is 4.14. The van der Waals surface area contributed by atoms with Crippen molar-refractivity contribution in [2.24, 2.45) is 0 Å². The van der Waals surface area contributed by atoms with Crippen LogP contribution in [0, 0.1) is 13.8 Å². The van der Waals surface area contributed by atoms with Crippen molar-refractivity contribution in [1.82, 2.24) is 14.8 Å². The van der Waals surface area contributed by atoms with Crippen LogP contribution in [0.2, 0.25) is 0 Å². The molecule has 0 radical (unpaired) electrons. The van der Waals surface area contributed by atoms with E-state index in [2.05, 4.69) is 59.6 Å². The van der Waals surface area contributed by atoms with Crippen molar-refractivity contribution < 1.29 is 14.7 Å². The standard InChI is InChI=1S/C31H36N4O3/c1-19-27(32-20(2)28(19)31(38)35-15-12-23(36)13-16-35)18-25-29-24(9-6-10-26(29)33-30(25)37)22-8-5-7-21(17-22)11-14-34(3)4/h5-10,17-18,23,32,36H,11-16H2,1-4H3,(H,33,37). The van der Waals surface area contributed by atoms with Gasteiger partial charge >= 0.3 is 0 Å². The minimum Gasteiger partial charge on any atom is -0.393 e. The number of fused-ring (bicyclic) bond motifs is 1. The monoisotopic (exact) mass is 512 g/mol. The molecular formula is C31H36N4O3. The molecule has 38 heavy (non-hydrogen) atoms. The Morgan fingerprint density at radius 2 is 1.87 bits per heavy atom. The number of likely N-dealkylation sites (N-methyl/N-ethyl adjacent to an activating group) is 1. The van der Waals surface area contributed by atoms with E-state index in [1.54, 1.807) is 0 Å². The summed E-state index contributed by atoms with van der Waals surface area (Å²) in [4.78, 5) is 33.9. The molecule has 198 valence electrons. The second kappa shape index (κ2) is 10.6. The summed E-state index contributed by atoms with van der Waals surface area (Å²) >= 11 is 0. The van der Waals surface area contributed by atoms with Gasteiger partial charge in [-0.3, -0.25) is 9.59 Å². The predicted octanol–water partition coefficient (Wildman–Crippen LogP) is 4.49. The quantitative estimate of drug-likeness (QED) is 0.425. The highest BCUT2D eigenvalue weighted by Crippen LogP contribution is 2.41. The molecule has 1 aromatic heterocycles. The molecule has 2 aliphatic rings. The Bertz CT molecular complexity index is 1410. The van der Waals surface area contributed by atoms with E-state index in [0.717, 1.165) is 52.3 Å². The molecule has 3 aromatic rings. The normalized spacial score (nSPS) is 16.8. The number of aryl methyl sites for hydroxylation is 1. The van der Waals surface area contributed by atoms with Crippen LogP contribution in [0.15, 0.2) is 42.5 Å². The highest BCUT2D eigenvalue weighted by Gasteiger charge is 2.30. The second-order valence-corrected chi connectivity index (χ2v) is 10.7. The number of piperidine rings is 1. The van der Waals surface area contributed by atoms with Crippen LogP contribution in [0.1, 0.15) is 51.3 Å². The molecule has 0 spiro atoms. The van der Waals surface area contributed by atoms with Gasteiger partial charge in [0.1, 0.15) is 0 Å². The third-order valence-electron chi connectivity index (χ3n) is 7.64. The predicted molar refractivity (Wildman–Crippen MR) is 152 cm³/mol. The van der Waals surface area contributed by atoms with Crippen LogP contribution in [0.4, 0.5) is 5.69 Å². The largest absolute Gasteiger partial charge is 0.393 e. The number of rotatable bonds is 6. The van der Waals surface area contributed by atoms with Gasteiger partial charge in [0.05, 0.1) is 17.2 Å². The molecule has 3 heterocycles. The number of carbonyl (C=O) groups excluding carboxylic acids is 2. The molecule has 1 saturated heterocycles. The molecule has 0 bridgehead atoms. The Hall–Kier alpha value is -3.68. The van der Waals surface area contributed by atoms with Crippen molar-refractivity contribution in [3.63, 3.8) is 0 Å². The summed E-state index contributed by atoms with van der Waals surface area (Å²) in [5.41, 5.74) is 8.60. The number of aromatic nitrogens is 1. The first kappa shape index (κ1) is 25.9. The van der Waals surface area contributed by atoms with Crippen LogP contribution >= 0.6 is 0 Å². The summed E-state index contributed by atoms with van der Waals surface area (Å²) in [5.74, 6) is -0.180. The lowest BCUT2D eigenvalue weighted by Gasteiger charge is -2.29. The van der Waals surface area contributed by atoms with Crippen molar-refractivity contribution in [2.45, 2.75) is 39.2 Å². The van der Waals surface area contributed by atoms with Gasteiger partial charge in [-0.25, -0.2) is 0 Å². The van der Waals surface area contributed by atoms with E-state index < -0.39 is 0 Å². The fourth-order valence-electron chi connectivity index (χ4n) is 5.49. The Morgan fingerprint density at radius 1 is 1.13 bits per heavy atom. The number of aliphatic hydroxyl groups is 1. The van der Waals surface area contributed by atoms with Crippen LogP contribution in [0.5, 0.6) is 0 Å². The first-order chi connectivity index (χ1) is 18.2. The van der Waals surface area contributed by atoms with E-state index in [0.29, 0.717) is 37.1 Å². The lowest BCUT2D eigenvalue weighted by atomic mass is 9.93. The van der Waals surface area contributed by atoms with Gasteiger partial charge in [0.2, 0.25) is 0 Å². The van der Waals surface area contributed by atoms with Crippen LogP contribution in [0.3, 0.4) is 0 Å².